The molecule has 1 N–H and O–H groups in total. The molecule has 6 nitrogen and oxygen atoms in total. The number of benzene rings is 1. The predicted octanol–water partition coefficient (Wildman–Crippen LogP) is 0.990. The van der Waals surface area contributed by atoms with Crippen molar-refractivity contribution in [3.05, 3.63) is 18.2 Å². The number of fused-ring (bicyclic) bond motifs is 1. The fourth-order valence-corrected chi connectivity index (χ4v) is 2.60. The average molecular weight is 291 g/mol. The number of hydrogen-bond acceptors (Lipinski definition) is 5. The number of anilines is 1. The Bertz CT molecular complexity index is 527. The van der Waals surface area contributed by atoms with E-state index in [9.17, 15) is 4.79 Å². The Labute approximate surface area is 124 Å². The minimum atomic E-state index is -0.135. The van der Waals surface area contributed by atoms with Gasteiger partial charge in [-0.2, -0.15) is 0 Å². The lowest BCUT2D eigenvalue weighted by molar-refractivity contribution is -0.121. The van der Waals surface area contributed by atoms with Gasteiger partial charge in [-0.25, -0.2) is 0 Å². The third-order valence-corrected chi connectivity index (χ3v) is 4.11. The number of likely N-dealkylation sites (N-methyl/N-ethyl adjacent to an activating group) is 1. The van der Waals surface area contributed by atoms with Gasteiger partial charge in [0.05, 0.1) is 6.04 Å². The van der Waals surface area contributed by atoms with E-state index >= 15 is 0 Å². The number of amides is 1. The van der Waals surface area contributed by atoms with Crippen LogP contribution in [0.2, 0.25) is 0 Å². The quantitative estimate of drug-likeness (QED) is 0.900. The van der Waals surface area contributed by atoms with Gasteiger partial charge in [-0.05, 0) is 26.1 Å². The van der Waals surface area contributed by atoms with Crippen LogP contribution in [-0.2, 0) is 4.79 Å². The van der Waals surface area contributed by atoms with Crippen LogP contribution in [0, 0.1) is 0 Å². The SMILES string of the molecule is C[C@@H](C(=O)Nc1ccc2c(c1)OCO2)N1CCN(C)CC1. The van der Waals surface area contributed by atoms with Crippen LogP contribution in [0.25, 0.3) is 0 Å². The highest BCUT2D eigenvalue weighted by Gasteiger charge is 2.24. The van der Waals surface area contributed by atoms with Crippen LogP contribution in [0.5, 0.6) is 11.5 Å². The van der Waals surface area contributed by atoms with Crippen LogP contribution >= 0.6 is 0 Å². The van der Waals surface area contributed by atoms with Gasteiger partial charge >= 0.3 is 0 Å². The first-order valence-electron chi connectivity index (χ1n) is 7.26. The van der Waals surface area contributed by atoms with Crippen molar-refractivity contribution in [1.29, 1.82) is 0 Å². The van der Waals surface area contributed by atoms with Crippen LogP contribution in [0.4, 0.5) is 5.69 Å². The average Bonchev–Trinajstić information content (AvgIpc) is 2.95. The molecule has 1 aromatic carbocycles. The Morgan fingerprint density at radius 1 is 1.19 bits per heavy atom. The Hall–Kier alpha value is -1.79. The summed E-state index contributed by atoms with van der Waals surface area (Å²) < 4.78 is 10.6. The van der Waals surface area contributed by atoms with Crippen molar-refractivity contribution in [1.82, 2.24) is 9.80 Å². The lowest BCUT2D eigenvalue weighted by Gasteiger charge is -2.35. The van der Waals surface area contributed by atoms with Crippen molar-refractivity contribution in [2.45, 2.75) is 13.0 Å². The van der Waals surface area contributed by atoms with E-state index in [-0.39, 0.29) is 18.7 Å². The number of carbonyl (C=O) groups is 1. The van der Waals surface area contributed by atoms with E-state index in [4.69, 9.17) is 9.47 Å². The number of hydrogen-bond donors (Lipinski definition) is 1. The van der Waals surface area contributed by atoms with E-state index < -0.39 is 0 Å². The minimum absolute atomic E-state index is 0.0124. The molecule has 0 aliphatic carbocycles. The molecule has 2 heterocycles. The standard InChI is InChI=1S/C15H21N3O3/c1-11(18-7-5-17(2)6-8-18)15(19)16-12-3-4-13-14(9-12)21-10-20-13/h3-4,9,11H,5-8,10H2,1-2H3,(H,16,19)/t11-/m0/s1. The fraction of sp³-hybridized carbons (Fsp3) is 0.533. The van der Waals surface area contributed by atoms with Crippen molar-refractivity contribution in [2.75, 3.05) is 45.3 Å². The second kappa shape index (κ2) is 5.91. The maximum atomic E-state index is 12.4. The van der Waals surface area contributed by atoms with Gasteiger partial charge in [-0.1, -0.05) is 0 Å². The Kier molecular flexibility index (Phi) is 3.98. The molecule has 6 heteroatoms. The monoisotopic (exact) mass is 291 g/mol. The van der Waals surface area contributed by atoms with E-state index in [1.807, 2.05) is 19.1 Å². The summed E-state index contributed by atoms with van der Waals surface area (Å²) in [6.45, 7) is 6.04. The van der Waals surface area contributed by atoms with Gasteiger partial charge in [0.1, 0.15) is 0 Å². The highest BCUT2D eigenvalue weighted by molar-refractivity contribution is 5.94. The molecule has 0 aromatic heterocycles. The lowest BCUT2D eigenvalue weighted by Crippen LogP contribution is -2.51. The third kappa shape index (κ3) is 3.11. The predicted molar refractivity (Wildman–Crippen MR) is 79.7 cm³/mol. The number of piperazine rings is 1. The molecule has 3 rings (SSSR count). The van der Waals surface area contributed by atoms with Crippen LogP contribution < -0.4 is 14.8 Å². The van der Waals surface area contributed by atoms with E-state index in [2.05, 4.69) is 22.2 Å². The molecule has 21 heavy (non-hydrogen) atoms. The zero-order valence-corrected chi connectivity index (χ0v) is 12.5. The molecule has 0 spiro atoms. The van der Waals surface area contributed by atoms with E-state index in [1.165, 1.54) is 0 Å². The molecule has 2 aliphatic heterocycles. The summed E-state index contributed by atoms with van der Waals surface area (Å²) in [5, 5.41) is 2.95. The summed E-state index contributed by atoms with van der Waals surface area (Å²) in [5.41, 5.74) is 0.741. The smallest absolute Gasteiger partial charge is 0.241 e. The second-order valence-corrected chi connectivity index (χ2v) is 5.57. The molecule has 1 saturated heterocycles. The van der Waals surface area contributed by atoms with Crippen molar-refractivity contribution in [3.63, 3.8) is 0 Å². The first-order chi connectivity index (χ1) is 10.1. The maximum Gasteiger partial charge on any atom is 0.241 e. The largest absolute Gasteiger partial charge is 0.454 e. The summed E-state index contributed by atoms with van der Waals surface area (Å²) in [7, 11) is 2.11. The summed E-state index contributed by atoms with van der Waals surface area (Å²) in [6.07, 6.45) is 0. The minimum Gasteiger partial charge on any atom is -0.454 e. The Morgan fingerprint density at radius 3 is 2.67 bits per heavy atom. The summed E-state index contributed by atoms with van der Waals surface area (Å²) in [4.78, 5) is 16.8. The van der Waals surface area contributed by atoms with Crippen LogP contribution in [0.3, 0.4) is 0 Å². The molecule has 0 radical (unpaired) electrons. The second-order valence-electron chi connectivity index (χ2n) is 5.57. The third-order valence-electron chi connectivity index (χ3n) is 4.11. The molecular weight excluding hydrogens is 270 g/mol. The zero-order chi connectivity index (χ0) is 14.8. The molecular formula is C15H21N3O3. The van der Waals surface area contributed by atoms with Gasteiger partial charge in [-0.15, -0.1) is 0 Å². The highest BCUT2D eigenvalue weighted by atomic mass is 16.7. The number of rotatable bonds is 3. The van der Waals surface area contributed by atoms with Gasteiger partial charge in [0.25, 0.3) is 0 Å². The molecule has 0 unspecified atom stereocenters. The van der Waals surface area contributed by atoms with E-state index in [1.54, 1.807) is 6.07 Å². The van der Waals surface area contributed by atoms with Crippen molar-refractivity contribution in [2.24, 2.45) is 0 Å². The van der Waals surface area contributed by atoms with Crippen molar-refractivity contribution < 1.29 is 14.3 Å². The van der Waals surface area contributed by atoms with Crippen molar-refractivity contribution in [3.8, 4) is 11.5 Å². The van der Waals surface area contributed by atoms with Gasteiger partial charge in [0, 0.05) is 37.9 Å². The maximum absolute atomic E-state index is 12.4. The molecule has 1 fully saturated rings. The summed E-state index contributed by atoms with van der Waals surface area (Å²) >= 11 is 0. The normalized spacial score (nSPS) is 20.3. The zero-order valence-electron chi connectivity index (χ0n) is 12.5. The summed E-state index contributed by atoms with van der Waals surface area (Å²) in [6, 6.07) is 5.32. The van der Waals surface area contributed by atoms with Gasteiger partial charge in [-0.3, -0.25) is 9.69 Å². The number of carbonyl (C=O) groups excluding carboxylic acids is 1. The van der Waals surface area contributed by atoms with Crippen molar-refractivity contribution >= 4 is 11.6 Å². The van der Waals surface area contributed by atoms with Gasteiger partial charge in [0.15, 0.2) is 11.5 Å². The topological polar surface area (TPSA) is 54.0 Å². The van der Waals surface area contributed by atoms with Gasteiger partial charge < -0.3 is 19.7 Å². The molecule has 0 saturated carbocycles. The summed E-state index contributed by atoms with van der Waals surface area (Å²) in [5.74, 6) is 1.42. The highest BCUT2D eigenvalue weighted by Crippen LogP contribution is 2.34. The van der Waals surface area contributed by atoms with E-state index in [0.29, 0.717) is 5.75 Å². The first kappa shape index (κ1) is 14.2. The molecule has 1 amide bonds. The Morgan fingerprint density at radius 2 is 1.90 bits per heavy atom. The lowest BCUT2D eigenvalue weighted by atomic mass is 10.2. The van der Waals surface area contributed by atoms with Gasteiger partial charge in [0.2, 0.25) is 12.7 Å². The van der Waals surface area contributed by atoms with Crippen LogP contribution in [0.1, 0.15) is 6.92 Å². The van der Waals surface area contributed by atoms with Crippen LogP contribution in [0.15, 0.2) is 18.2 Å². The fourth-order valence-electron chi connectivity index (χ4n) is 2.60. The Balaban J connectivity index is 1.60. The molecule has 1 atom stereocenters. The van der Waals surface area contributed by atoms with Crippen LogP contribution in [-0.4, -0.2) is 61.8 Å². The first-order valence-corrected chi connectivity index (χ1v) is 7.26. The molecule has 1 aromatic rings. The van der Waals surface area contributed by atoms with E-state index in [0.717, 1.165) is 37.6 Å². The number of nitrogens with one attached hydrogen (secondary N) is 1. The molecule has 0 bridgehead atoms. The number of nitrogens with zero attached hydrogens (tertiary/aromatic N) is 2. The molecule has 2 aliphatic rings. The molecule has 114 valence electrons. The number of ether oxygens (including phenoxy) is 2.